The molecule has 0 bridgehead atoms. The van der Waals surface area contributed by atoms with Crippen molar-refractivity contribution >= 4 is 28.1 Å². The van der Waals surface area contributed by atoms with Crippen LogP contribution >= 0.6 is 15.9 Å². The van der Waals surface area contributed by atoms with Gasteiger partial charge in [-0.3, -0.25) is 4.79 Å². The van der Waals surface area contributed by atoms with E-state index in [-0.39, 0.29) is 23.0 Å². The van der Waals surface area contributed by atoms with Gasteiger partial charge >= 0.3 is 0 Å². The molecule has 6 heteroatoms. The number of benzene rings is 1. The Labute approximate surface area is 144 Å². The molecule has 0 radical (unpaired) electrons. The quantitative estimate of drug-likeness (QED) is 0.620. The summed E-state index contributed by atoms with van der Waals surface area (Å²) in [5.41, 5.74) is 3.57. The molecule has 2 aliphatic carbocycles. The fourth-order valence-corrected chi connectivity index (χ4v) is 4.37. The van der Waals surface area contributed by atoms with E-state index in [1.807, 2.05) is 0 Å². The average molecular weight is 381 g/mol. The van der Waals surface area contributed by atoms with Crippen LogP contribution in [-0.2, 0) is 4.79 Å². The van der Waals surface area contributed by atoms with E-state index in [9.17, 15) is 9.90 Å². The number of hydrogen-bond donors (Lipinski definition) is 2. The van der Waals surface area contributed by atoms with Crippen molar-refractivity contribution in [3.05, 3.63) is 22.2 Å². The molecule has 0 aliphatic heterocycles. The summed E-state index contributed by atoms with van der Waals surface area (Å²) in [6.45, 7) is 2.22. The van der Waals surface area contributed by atoms with Crippen molar-refractivity contribution in [3.63, 3.8) is 0 Å². The van der Waals surface area contributed by atoms with Crippen LogP contribution in [0.5, 0.6) is 11.5 Å². The van der Waals surface area contributed by atoms with Gasteiger partial charge < -0.3 is 9.84 Å². The summed E-state index contributed by atoms with van der Waals surface area (Å²) < 4.78 is 5.61. The van der Waals surface area contributed by atoms with Gasteiger partial charge in [0.1, 0.15) is 0 Å². The number of methoxy groups -OCH3 is 1. The van der Waals surface area contributed by atoms with Crippen molar-refractivity contribution in [2.75, 3.05) is 7.11 Å². The van der Waals surface area contributed by atoms with Crippen molar-refractivity contribution < 1.29 is 14.6 Å². The molecule has 0 heterocycles. The second kappa shape index (κ2) is 6.15. The van der Waals surface area contributed by atoms with Gasteiger partial charge in [0, 0.05) is 5.92 Å². The number of hydrogen-bond acceptors (Lipinski definition) is 4. The second-order valence-corrected chi connectivity index (χ2v) is 7.48. The van der Waals surface area contributed by atoms with Crippen LogP contribution in [0, 0.1) is 17.3 Å². The van der Waals surface area contributed by atoms with Crippen molar-refractivity contribution in [2.45, 2.75) is 32.6 Å². The zero-order chi connectivity index (χ0) is 16.6. The van der Waals surface area contributed by atoms with Crippen LogP contribution in [0.3, 0.4) is 0 Å². The summed E-state index contributed by atoms with van der Waals surface area (Å²) in [7, 11) is 1.49. The normalized spacial score (nSPS) is 29.2. The maximum atomic E-state index is 12.3. The van der Waals surface area contributed by atoms with Crippen LogP contribution in [0.4, 0.5) is 0 Å². The molecule has 0 spiro atoms. The highest BCUT2D eigenvalue weighted by Crippen LogP contribution is 2.66. The van der Waals surface area contributed by atoms with Crippen molar-refractivity contribution in [1.29, 1.82) is 0 Å². The van der Waals surface area contributed by atoms with Gasteiger partial charge in [-0.05, 0) is 57.8 Å². The molecule has 3 atom stereocenters. The zero-order valence-corrected chi connectivity index (χ0v) is 14.9. The molecule has 2 N–H and O–H groups in total. The van der Waals surface area contributed by atoms with Gasteiger partial charge in [0.2, 0.25) is 5.91 Å². The summed E-state index contributed by atoms with van der Waals surface area (Å²) >= 11 is 3.26. The van der Waals surface area contributed by atoms with Crippen molar-refractivity contribution in [2.24, 2.45) is 22.4 Å². The molecule has 23 heavy (non-hydrogen) atoms. The first-order valence-corrected chi connectivity index (χ1v) is 8.66. The van der Waals surface area contributed by atoms with E-state index in [4.69, 9.17) is 4.74 Å². The van der Waals surface area contributed by atoms with E-state index in [1.165, 1.54) is 20.0 Å². The number of nitrogens with zero attached hydrogens (tertiary/aromatic N) is 1. The Morgan fingerprint density at radius 1 is 1.52 bits per heavy atom. The van der Waals surface area contributed by atoms with Gasteiger partial charge in [-0.15, -0.1) is 0 Å². The Morgan fingerprint density at radius 3 is 2.96 bits per heavy atom. The SMILES string of the molecule is COc1cc(C=NNC(=O)[C@@H]2[C@@H]3CCCC[C@@]23C)cc(Br)c1O. The number of carbonyl (C=O) groups is 1. The highest BCUT2D eigenvalue weighted by molar-refractivity contribution is 9.10. The molecule has 2 saturated carbocycles. The van der Waals surface area contributed by atoms with Crippen molar-refractivity contribution in [1.82, 2.24) is 5.43 Å². The third kappa shape index (κ3) is 2.96. The number of nitrogens with one attached hydrogen (secondary N) is 1. The molecule has 124 valence electrons. The summed E-state index contributed by atoms with van der Waals surface area (Å²) in [6, 6.07) is 3.37. The molecule has 1 aromatic carbocycles. The molecule has 1 aromatic rings. The van der Waals surface area contributed by atoms with E-state index in [1.54, 1.807) is 18.3 Å². The van der Waals surface area contributed by atoms with Gasteiger partial charge in [0.15, 0.2) is 11.5 Å². The van der Waals surface area contributed by atoms with E-state index >= 15 is 0 Å². The minimum Gasteiger partial charge on any atom is -0.503 e. The monoisotopic (exact) mass is 380 g/mol. The van der Waals surface area contributed by atoms with Crippen LogP contribution in [0.2, 0.25) is 0 Å². The Bertz CT molecular complexity index is 661. The minimum absolute atomic E-state index is 0.0143. The Hall–Kier alpha value is -1.56. The summed E-state index contributed by atoms with van der Waals surface area (Å²) in [6.07, 6.45) is 6.30. The molecule has 5 nitrogen and oxygen atoms in total. The van der Waals surface area contributed by atoms with Gasteiger partial charge in [-0.2, -0.15) is 5.10 Å². The maximum absolute atomic E-state index is 12.3. The fraction of sp³-hybridized carbons (Fsp3) is 0.529. The highest BCUT2D eigenvalue weighted by Gasteiger charge is 2.64. The Kier molecular flexibility index (Phi) is 4.36. The van der Waals surface area contributed by atoms with Gasteiger partial charge in [0.05, 0.1) is 17.8 Å². The first kappa shape index (κ1) is 16.3. The van der Waals surface area contributed by atoms with Gasteiger partial charge in [-0.25, -0.2) is 5.43 Å². The first-order chi connectivity index (χ1) is 11.0. The number of aromatic hydroxyl groups is 1. The lowest BCUT2D eigenvalue weighted by atomic mass is 9.90. The lowest BCUT2D eigenvalue weighted by molar-refractivity contribution is -0.123. The average Bonchev–Trinajstić information content (AvgIpc) is 3.16. The molecule has 0 aromatic heterocycles. The largest absolute Gasteiger partial charge is 0.503 e. The van der Waals surface area contributed by atoms with Crippen LogP contribution in [0.15, 0.2) is 21.7 Å². The molecule has 3 rings (SSSR count). The standard InChI is InChI=1S/C17H21BrN2O3/c1-17-6-4-3-5-11(17)14(17)16(22)20-19-9-10-7-12(18)15(21)13(8-10)23-2/h7-9,11,14,21H,3-6H2,1-2H3,(H,20,22)/t11-,14-,17+/m0/s1. The van der Waals surface area contributed by atoms with Gasteiger partial charge in [-0.1, -0.05) is 19.8 Å². The Balaban J connectivity index is 1.63. The van der Waals surface area contributed by atoms with Gasteiger partial charge in [0.25, 0.3) is 0 Å². The number of fused-ring (bicyclic) bond motifs is 1. The number of halogens is 1. The predicted molar refractivity (Wildman–Crippen MR) is 91.7 cm³/mol. The summed E-state index contributed by atoms with van der Waals surface area (Å²) in [5, 5.41) is 13.8. The lowest BCUT2D eigenvalue weighted by Crippen LogP contribution is -2.22. The molecule has 2 fully saturated rings. The number of phenols is 1. The maximum Gasteiger partial charge on any atom is 0.244 e. The van der Waals surface area contributed by atoms with E-state index in [0.29, 0.717) is 16.1 Å². The van der Waals surface area contributed by atoms with E-state index < -0.39 is 0 Å². The fourth-order valence-electron chi connectivity index (χ4n) is 3.91. The number of ether oxygens (including phenoxy) is 1. The number of hydrazone groups is 1. The predicted octanol–water partition coefficient (Wildman–Crippen LogP) is 3.44. The van der Waals surface area contributed by atoms with E-state index in [2.05, 4.69) is 33.4 Å². The number of rotatable bonds is 4. The van der Waals surface area contributed by atoms with Crippen molar-refractivity contribution in [3.8, 4) is 11.5 Å². The lowest BCUT2D eigenvalue weighted by Gasteiger charge is -2.15. The Morgan fingerprint density at radius 2 is 2.30 bits per heavy atom. The minimum atomic E-state index is 0.0143. The number of phenolic OH excluding ortho intramolecular Hbond substituents is 1. The number of amides is 1. The topological polar surface area (TPSA) is 70.9 Å². The summed E-state index contributed by atoms with van der Waals surface area (Å²) in [5.74, 6) is 1.04. The third-order valence-corrected chi connectivity index (χ3v) is 5.88. The molecule has 0 unspecified atom stereocenters. The second-order valence-electron chi connectivity index (χ2n) is 6.62. The smallest absolute Gasteiger partial charge is 0.244 e. The number of carbonyl (C=O) groups excluding carboxylic acids is 1. The zero-order valence-electron chi connectivity index (χ0n) is 13.3. The van der Waals surface area contributed by atoms with E-state index in [0.717, 1.165) is 18.4 Å². The van der Waals surface area contributed by atoms with Crippen LogP contribution < -0.4 is 10.2 Å². The first-order valence-electron chi connectivity index (χ1n) is 7.87. The summed E-state index contributed by atoms with van der Waals surface area (Å²) in [4.78, 5) is 12.3. The van der Waals surface area contributed by atoms with Crippen LogP contribution in [0.25, 0.3) is 0 Å². The van der Waals surface area contributed by atoms with Crippen LogP contribution in [0.1, 0.15) is 38.2 Å². The molecule has 0 saturated heterocycles. The molecule has 2 aliphatic rings. The molecule has 1 amide bonds. The molecular weight excluding hydrogens is 360 g/mol. The highest BCUT2D eigenvalue weighted by atomic mass is 79.9. The van der Waals surface area contributed by atoms with Crippen LogP contribution in [-0.4, -0.2) is 24.3 Å². The molecular formula is C17H21BrN2O3. The third-order valence-electron chi connectivity index (χ3n) is 5.27.